The van der Waals surface area contributed by atoms with Crippen molar-refractivity contribution < 1.29 is 4.74 Å². The van der Waals surface area contributed by atoms with Gasteiger partial charge < -0.3 is 20.3 Å². The first kappa shape index (κ1) is 18.5. The van der Waals surface area contributed by atoms with Gasteiger partial charge in [-0.25, -0.2) is 0 Å². The first-order valence-electron chi connectivity index (χ1n) is 11.2. The lowest BCUT2D eigenvalue weighted by molar-refractivity contribution is 0.150. The Balaban J connectivity index is 1.22. The van der Waals surface area contributed by atoms with E-state index in [1.54, 1.807) is 0 Å². The van der Waals surface area contributed by atoms with Crippen molar-refractivity contribution in [3.8, 4) is 0 Å². The average Bonchev–Trinajstić information content (AvgIpc) is 3.58. The number of ether oxygens (including phenoxy) is 1. The molecule has 5 nitrogen and oxygen atoms in total. The van der Waals surface area contributed by atoms with Gasteiger partial charge in [-0.15, -0.1) is 0 Å². The molecule has 2 saturated carbocycles. The third-order valence-corrected chi connectivity index (χ3v) is 6.73. The Morgan fingerprint density at radius 3 is 2.38 bits per heavy atom. The zero-order chi connectivity index (χ0) is 17.8. The molecule has 0 aromatic heterocycles. The third-order valence-electron chi connectivity index (χ3n) is 6.73. The van der Waals surface area contributed by atoms with Gasteiger partial charge >= 0.3 is 0 Å². The normalized spacial score (nSPS) is 28.7. The molecule has 0 aromatic carbocycles. The van der Waals surface area contributed by atoms with Crippen LogP contribution in [-0.4, -0.2) is 62.8 Å². The maximum Gasteiger partial charge on any atom is 0.191 e. The smallest absolute Gasteiger partial charge is 0.191 e. The zero-order valence-corrected chi connectivity index (χ0v) is 16.6. The lowest BCUT2D eigenvalue weighted by Crippen LogP contribution is -2.49. The van der Waals surface area contributed by atoms with E-state index in [-0.39, 0.29) is 0 Å². The monoisotopic (exact) mass is 362 g/mol. The Morgan fingerprint density at radius 2 is 1.81 bits per heavy atom. The molecule has 0 amide bonds. The lowest BCUT2D eigenvalue weighted by atomic mass is 9.98. The average molecular weight is 363 g/mol. The Hall–Kier alpha value is -0.810. The summed E-state index contributed by atoms with van der Waals surface area (Å²) in [5.74, 6) is 4.65. The predicted molar refractivity (Wildman–Crippen MR) is 106 cm³/mol. The van der Waals surface area contributed by atoms with Crippen LogP contribution < -0.4 is 10.6 Å². The van der Waals surface area contributed by atoms with Crippen LogP contribution in [-0.2, 0) is 4.74 Å². The van der Waals surface area contributed by atoms with Crippen LogP contribution in [0.1, 0.15) is 51.9 Å². The molecule has 2 aliphatic heterocycles. The Labute approximate surface area is 159 Å². The fraction of sp³-hybridized carbons (Fsp3) is 0.952. The summed E-state index contributed by atoms with van der Waals surface area (Å²) < 4.78 is 5.52. The quantitative estimate of drug-likeness (QED) is 0.514. The maximum atomic E-state index is 5.52. The van der Waals surface area contributed by atoms with Crippen LogP contribution in [0.2, 0.25) is 0 Å². The fourth-order valence-electron chi connectivity index (χ4n) is 4.79. The first-order chi connectivity index (χ1) is 12.8. The van der Waals surface area contributed by atoms with Gasteiger partial charge in [-0.3, -0.25) is 4.99 Å². The van der Waals surface area contributed by atoms with Crippen LogP contribution >= 0.6 is 0 Å². The number of likely N-dealkylation sites (tertiary alicyclic amines) is 1. The van der Waals surface area contributed by atoms with Crippen molar-refractivity contribution in [3.05, 3.63) is 0 Å². The van der Waals surface area contributed by atoms with Gasteiger partial charge in [0, 0.05) is 45.4 Å². The molecule has 0 aromatic rings. The van der Waals surface area contributed by atoms with E-state index in [0.29, 0.717) is 6.04 Å². The van der Waals surface area contributed by atoms with Gasteiger partial charge in [0.05, 0.1) is 6.61 Å². The van der Waals surface area contributed by atoms with Crippen molar-refractivity contribution >= 4 is 5.96 Å². The molecule has 0 spiro atoms. The topological polar surface area (TPSA) is 48.9 Å². The number of aliphatic imine (C=N–C) groups is 1. The molecule has 0 bridgehead atoms. The molecule has 0 radical (unpaired) electrons. The van der Waals surface area contributed by atoms with Crippen molar-refractivity contribution in [2.45, 2.75) is 57.9 Å². The summed E-state index contributed by atoms with van der Waals surface area (Å²) >= 11 is 0. The second-order valence-electron chi connectivity index (χ2n) is 9.01. The van der Waals surface area contributed by atoms with E-state index in [2.05, 4.69) is 22.5 Å². The van der Waals surface area contributed by atoms with Crippen molar-refractivity contribution in [1.29, 1.82) is 0 Å². The van der Waals surface area contributed by atoms with E-state index in [1.165, 1.54) is 64.6 Å². The Kier molecular flexibility index (Phi) is 6.36. The van der Waals surface area contributed by atoms with Crippen LogP contribution in [0.5, 0.6) is 0 Å². The van der Waals surface area contributed by atoms with E-state index in [1.807, 2.05) is 0 Å². The molecule has 4 rings (SSSR count). The highest BCUT2D eigenvalue weighted by Gasteiger charge is 2.41. The number of guanidine groups is 1. The number of piperidine rings is 1. The predicted octanol–water partition coefficient (Wildman–Crippen LogP) is 2.48. The molecule has 4 aliphatic rings. The van der Waals surface area contributed by atoms with Gasteiger partial charge in [0.25, 0.3) is 0 Å². The molecule has 1 atom stereocenters. The molecular formula is C21H38N4O. The minimum absolute atomic E-state index is 0.573. The molecule has 2 saturated heterocycles. The summed E-state index contributed by atoms with van der Waals surface area (Å²) in [4.78, 5) is 7.63. The van der Waals surface area contributed by atoms with Crippen LogP contribution in [0.15, 0.2) is 4.99 Å². The van der Waals surface area contributed by atoms with E-state index in [4.69, 9.17) is 9.73 Å². The van der Waals surface area contributed by atoms with Crippen LogP contribution in [0.4, 0.5) is 0 Å². The summed E-state index contributed by atoms with van der Waals surface area (Å²) in [6, 6.07) is 0.573. The largest absolute Gasteiger partial charge is 0.381 e. The molecule has 148 valence electrons. The highest BCUT2D eigenvalue weighted by atomic mass is 16.5. The van der Waals surface area contributed by atoms with E-state index in [0.717, 1.165) is 55.9 Å². The van der Waals surface area contributed by atoms with Gasteiger partial charge in [-0.05, 0) is 75.5 Å². The van der Waals surface area contributed by atoms with Crippen LogP contribution in [0.25, 0.3) is 0 Å². The van der Waals surface area contributed by atoms with Gasteiger partial charge in [-0.1, -0.05) is 0 Å². The number of hydrogen-bond acceptors (Lipinski definition) is 3. The third kappa shape index (κ3) is 5.35. The summed E-state index contributed by atoms with van der Waals surface area (Å²) in [5, 5.41) is 7.22. The Bertz CT molecular complexity index is 449. The van der Waals surface area contributed by atoms with E-state index in [9.17, 15) is 0 Å². The van der Waals surface area contributed by atoms with Crippen molar-refractivity contribution in [1.82, 2.24) is 15.5 Å². The number of nitrogens with zero attached hydrogens (tertiary/aromatic N) is 2. The maximum absolute atomic E-state index is 5.52. The van der Waals surface area contributed by atoms with Crippen LogP contribution in [0.3, 0.4) is 0 Å². The molecule has 1 unspecified atom stereocenters. The van der Waals surface area contributed by atoms with Crippen molar-refractivity contribution in [2.75, 3.05) is 45.9 Å². The van der Waals surface area contributed by atoms with Crippen LogP contribution in [0, 0.1) is 23.7 Å². The second-order valence-corrected chi connectivity index (χ2v) is 9.01. The highest BCUT2D eigenvalue weighted by Crippen LogP contribution is 2.49. The molecular weight excluding hydrogens is 324 g/mol. The van der Waals surface area contributed by atoms with Gasteiger partial charge in [-0.2, -0.15) is 0 Å². The van der Waals surface area contributed by atoms with E-state index < -0.39 is 0 Å². The first-order valence-corrected chi connectivity index (χ1v) is 11.2. The lowest BCUT2D eigenvalue weighted by Gasteiger charge is -2.34. The number of rotatable bonds is 8. The number of nitrogens with one attached hydrogen (secondary N) is 2. The summed E-state index contributed by atoms with van der Waals surface area (Å²) in [6.45, 7) is 9.73. The van der Waals surface area contributed by atoms with E-state index >= 15 is 0 Å². The molecule has 5 heteroatoms. The van der Waals surface area contributed by atoms with Gasteiger partial charge in [0.2, 0.25) is 0 Å². The summed E-state index contributed by atoms with van der Waals surface area (Å²) in [6.07, 6.45) is 9.50. The second kappa shape index (κ2) is 8.92. The van der Waals surface area contributed by atoms with Crippen molar-refractivity contribution in [3.63, 3.8) is 0 Å². The van der Waals surface area contributed by atoms with Crippen molar-refractivity contribution in [2.24, 2.45) is 28.7 Å². The summed E-state index contributed by atoms with van der Waals surface area (Å²) in [7, 11) is 0. The Morgan fingerprint density at radius 1 is 1.08 bits per heavy atom. The molecule has 26 heavy (non-hydrogen) atoms. The minimum Gasteiger partial charge on any atom is -0.381 e. The molecule has 2 N–H and O–H groups in total. The minimum atomic E-state index is 0.573. The number of hydrogen-bond donors (Lipinski definition) is 2. The summed E-state index contributed by atoms with van der Waals surface area (Å²) in [5.41, 5.74) is 0. The standard InChI is InChI=1S/C21H38N4O/c1-2-22-21(23-13-20(17-3-4-17)18-5-6-18)24-19-7-10-25(11-8-19)14-16-9-12-26-15-16/h16-20H,2-15H2,1H3,(H2,22,23,24). The van der Waals surface area contributed by atoms with Gasteiger partial charge in [0.15, 0.2) is 5.96 Å². The zero-order valence-electron chi connectivity index (χ0n) is 16.6. The molecule has 4 fully saturated rings. The highest BCUT2D eigenvalue weighted by molar-refractivity contribution is 5.80. The van der Waals surface area contributed by atoms with Gasteiger partial charge in [0.1, 0.15) is 0 Å². The SMILES string of the molecule is CCNC(=NCC(C1CC1)C1CC1)NC1CCN(CC2CCOC2)CC1. The fourth-order valence-corrected chi connectivity index (χ4v) is 4.79. The molecule has 2 heterocycles. The molecule has 2 aliphatic carbocycles.